The zero-order chi connectivity index (χ0) is 14.1. The molecule has 4 nitrogen and oxygen atoms in total. The van der Waals surface area contributed by atoms with E-state index in [1.54, 1.807) is 0 Å². The number of nitrogens with one attached hydrogen (secondary N) is 2. The lowest BCUT2D eigenvalue weighted by Gasteiger charge is -2.12. The molecule has 0 aromatic heterocycles. The highest BCUT2D eigenvalue weighted by Gasteiger charge is 2.04. The van der Waals surface area contributed by atoms with Gasteiger partial charge in [-0.2, -0.15) is 0 Å². The van der Waals surface area contributed by atoms with E-state index < -0.39 is 0 Å². The van der Waals surface area contributed by atoms with E-state index in [-0.39, 0.29) is 24.0 Å². The zero-order valence-electron chi connectivity index (χ0n) is 12.8. The van der Waals surface area contributed by atoms with E-state index >= 15 is 0 Å². The second-order valence-corrected chi connectivity index (χ2v) is 4.27. The smallest absolute Gasteiger partial charge is 0.191 e. The Kier molecular flexibility index (Phi) is 10.2. The molecule has 0 heterocycles. The first-order chi connectivity index (χ1) is 9.21. The molecule has 0 aliphatic rings. The summed E-state index contributed by atoms with van der Waals surface area (Å²) in [4.78, 5) is 4.56. The molecule has 0 aliphatic carbocycles. The monoisotopic (exact) mass is 391 g/mol. The van der Waals surface area contributed by atoms with Crippen molar-refractivity contribution in [2.75, 3.05) is 19.7 Å². The van der Waals surface area contributed by atoms with Gasteiger partial charge >= 0.3 is 0 Å². The Morgan fingerprint density at radius 1 is 1.15 bits per heavy atom. The molecule has 0 aliphatic heterocycles. The van der Waals surface area contributed by atoms with Gasteiger partial charge in [0.25, 0.3) is 0 Å². The van der Waals surface area contributed by atoms with Crippen LogP contribution >= 0.6 is 24.0 Å². The Labute approximate surface area is 139 Å². The molecule has 0 amide bonds. The summed E-state index contributed by atoms with van der Waals surface area (Å²) in [5, 5.41) is 6.43. The van der Waals surface area contributed by atoms with Crippen LogP contribution in [0, 0.1) is 6.92 Å². The molecule has 2 N–H and O–H groups in total. The first-order valence-corrected chi connectivity index (χ1v) is 6.95. The minimum atomic E-state index is 0. The number of hydrogen-bond donors (Lipinski definition) is 2. The zero-order valence-corrected chi connectivity index (χ0v) is 15.2. The van der Waals surface area contributed by atoms with Crippen molar-refractivity contribution in [1.29, 1.82) is 0 Å². The SMILES string of the molecule is CCNC(=NCc1ccc(C)cc1OCC)NCC.I. The molecule has 20 heavy (non-hydrogen) atoms. The Hall–Kier alpha value is -0.980. The van der Waals surface area contributed by atoms with Crippen molar-refractivity contribution in [3.63, 3.8) is 0 Å². The summed E-state index contributed by atoms with van der Waals surface area (Å²) in [5.41, 5.74) is 2.32. The Morgan fingerprint density at radius 3 is 2.35 bits per heavy atom. The molecule has 0 atom stereocenters. The van der Waals surface area contributed by atoms with E-state index in [0.29, 0.717) is 13.2 Å². The predicted molar refractivity (Wildman–Crippen MR) is 96.3 cm³/mol. The van der Waals surface area contributed by atoms with Gasteiger partial charge in [0.1, 0.15) is 5.75 Å². The van der Waals surface area contributed by atoms with Crippen LogP contribution in [0.15, 0.2) is 23.2 Å². The predicted octanol–water partition coefficient (Wildman–Crippen LogP) is 3.09. The number of hydrogen-bond acceptors (Lipinski definition) is 2. The summed E-state index contributed by atoms with van der Waals surface area (Å²) in [6.45, 7) is 11.2. The molecule has 5 heteroatoms. The average molecular weight is 391 g/mol. The van der Waals surface area contributed by atoms with Gasteiger partial charge in [0, 0.05) is 18.7 Å². The molecule has 1 aromatic rings. The first kappa shape index (κ1) is 19.0. The third-order valence-electron chi connectivity index (χ3n) is 2.62. The molecule has 1 aromatic carbocycles. The Bertz CT molecular complexity index is 414. The van der Waals surface area contributed by atoms with Crippen LogP contribution in [0.4, 0.5) is 0 Å². The van der Waals surface area contributed by atoms with Crippen molar-refractivity contribution < 1.29 is 4.74 Å². The molecular weight excluding hydrogens is 365 g/mol. The van der Waals surface area contributed by atoms with Crippen LogP contribution < -0.4 is 15.4 Å². The number of guanidine groups is 1. The van der Waals surface area contributed by atoms with Crippen LogP contribution in [0.25, 0.3) is 0 Å². The molecule has 0 bridgehead atoms. The van der Waals surface area contributed by atoms with Crippen LogP contribution in [0.2, 0.25) is 0 Å². The fourth-order valence-corrected chi connectivity index (χ4v) is 1.76. The van der Waals surface area contributed by atoms with Crippen LogP contribution in [0.3, 0.4) is 0 Å². The molecule has 0 saturated heterocycles. The quantitative estimate of drug-likeness (QED) is 0.445. The maximum atomic E-state index is 5.66. The minimum Gasteiger partial charge on any atom is -0.494 e. The number of benzene rings is 1. The Balaban J connectivity index is 0.00000361. The fourth-order valence-electron chi connectivity index (χ4n) is 1.76. The summed E-state index contributed by atoms with van der Waals surface area (Å²) in [5.74, 6) is 1.77. The lowest BCUT2D eigenvalue weighted by Crippen LogP contribution is -2.36. The van der Waals surface area contributed by atoms with E-state index in [4.69, 9.17) is 4.74 Å². The topological polar surface area (TPSA) is 45.7 Å². The van der Waals surface area contributed by atoms with Crippen LogP contribution in [-0.2, 0) is 6.54 Å². The van der Waals surface area contributed by atoms with Crippen molar-refractivity contribution in [2.24, 2.45) is 4.99 Å². The molecule has 0 unspecified atom stereocenters. The lowest BCUT2D eigenvalue weighted by atomic mass is 10.1. The number of nitrogens with zero attached hydrogens (tertiary/aromatic N) is 1. The van der Waals surface area contributed by atoms with Gasteiger partial charge in [-0.25, -0.2) is 4.99 Å². The van der Waals surface area contributed by atoms with Crippen LogP contribution in [0.5, 0.6) is 5.75 Å². The summed E-state index contributed by atoms with van der Waals surface area (Å²) in [6.07, 6.45) is 0. The average Bonchev–Trinajstić information content (AvgIpc) is 2.38. The van der Waals surface area contributed by atoms with Gasteiger partial charge in [-0.1, -0.05) is 12.1 Å². The van der Waals surface area contributed by atoms with Gasteiger partial charge in [0.05, 0.1) is 13.2 Å². The third-order valence-corrected chi connectivity index (χ3v) is 2.62. The van der Waals surface area contributed by atoms with Gasteiger partial charge in [-0.3, -0.25) is 0 Å². The van der Waals surface area contributed by atoms with Gasteiger partial charge in [-0.05, 0) is 39.3 Å². The minimum absolute atomic E-state index is 0. The van der Waals surface area contributed by atoms with E-state index in [1.807, 2.05) is 6.92 Å². The normalized spacial score (nSPS) is 9.40. The third kappa shape index (κ3) is 6.45. The number of aliphatic imine (C=N–C) groups is 1. The summed E-state index contributed by atoms with van der Waals surface area (Å²) >= 11 is 0. The van der Waals surface area contributed by atoms with Gasteiger partial charge < -0.3 is 15.4 Å². The molecule has 0 fully saturated rings. The number of halogens is 1. The standard InChI is InChI=1S/C15H25N3O.HI/c1-5-16-15(17-6-2)18-11-13-9-8-12(4)10-14(13)19-7-3;/h8-10H,5-7,11H2,1-4H3,(H2,16,17,18);1H. The maximum absolute atomic E-state index is 5.66. The largest absolute Gasteiger partial charge is 0.494 e. The maximum Gasteiger partial charge on any atom is 0.191 e. The van der Waals surface area contributed by atoms with Crippen molar-refractivity contribution in [3.05, 3.63) is 29.3 Å². The first-order valence-electron chi connectivity index (χ1n) is 6.95. The van der Waals surface area contributed by atoms with Crippen molar-refractivity contribution in [3.8, 4) is 5.75 Å². The van der Waals surface area contributed by atoms with Crippen molar-refractivity contribution in [1.82, 2.24) is 10.6 Å². The van der Waals surface area contributed by atoms with E-state index in [2.05, 4.69) is 54.6 Å². The number of rotatable bonds is 6. The number of aryl methyl sites for hydroxylation is 1. The van der Waals surface area contributed by atoms with Gasteiger partial charge in [0.2, 0.25) is 0 Å². The highest BCUT2D eigenvalue weighted by molar-refractivity contribution is 14.0. The van der Waals surface area contributed by atoms with Gasteiger partial charge in [0.15, 0.2) is 5.96 Å². The summed E-state index contributed by atoms with van der Waals surface area (Å²) < 4.78 is 5.66. The Morgan fingerprint density at radius 2 is 1.80 bits per heavy atom. The fraction of sp³-hybridized carbons (Fsp3) is 0.533. The van der Waals surface area contributed by atoms with Gasteiger partial charge in [-0.15, -0.1) is 24.0 Å². The van der Waals surface area contributed by atoms with E-state index in [1.165, 1.54) is 5.56 Å². The molecule has 0 radical (unpaired) electrons. The summed E-state index contributed by atoms with van der Waals surface area (Å²) in [6, 6.07) is 6.24. The molecule has 114 valence electrons. The van der Waals surface area contributed by atoms with Crippen molar-refractivity contribution >= 4 is 29.9 Å². The lowest BCUT2D eigenvalue weighted by molar-refractivity contribution is 0.336. The highest BCUT2D eigenvalue weighted by atomic mass is 127. The second kappa shape index (κ2) is 10.8. The second-order valence-electron chi connectivity index (χ2n) is 4.27. The van der Waals surface area contributed by atoms with Crippen LogP contribution in [-0.4, -0.2) is 25.7 Å². The van der Waals surface area contributed by atoms with E-state index in [0.717, 1.165) is 30.4 Å². The summed E-state index contributed by atoms with van der Waals surface area (Å²) in [7, 11) is 0. The molecular formula is C15H26IN3O. The number of ether oxygens (including phenoxy) is 1. The molecule has 0 saturated carbocycles. The molecule has 0 spiro atoms. The van der Waals surface area contributed by atoms with E-state index in [9.17, 15) is 0 Å². The highest BCUT2D eigenvalue weighted by Crippen LogP contribution is 2.21. The van der Waals surface area contributed by atoms with Crippen molar-refractivity contribution in [2.45, 2.75) is 34.2 Å². The van der Waals surface area contributed by atoms with Crippen LogP contribution in [0.1, 0.15) is 31.9 Å². The molecule has 1 rings (SSSR count).